The Hall–Kier alpha value is -1.07. The summed E-state index contributed by atoms with van der Waals surface area (Å²) in [4.78, 5) is 13.8. The molecule has 1 fully saturated rings. The van der Waals surface area contributed by atoms with Crippen LogP contribution < -0.4 is 5.73 Å². The van der Waals surface area contributed by atoms with Gasteiger partial charge in [0.25, 0.3) is 5.91 Å². The number of likely N-dealkylation sites (tertiary alicyclic amines) is 1. The van der Waals surface area contributed by atoms with Crippen LogP contribution in [0, 0.1) is 0 Å². The van der Waals surface area contributed by atoms with Gasteiger partial charge in [0.2, 0.25) is 0 Å². The van der Waals surface area contributed by atoms with Gasteiger partial charge in [-0.15, -0.1) is 12.4 Å². The lowest BCUT2D eigenvalue weighted by molar-refractivity contribution is 0.0708. The molecule has 0 aromatic carbocycles. The molecule has 1 saturated heterocycles. The Bertz CT molecular complexity index is 365. The number of rotatable bonds is 1. The molecule has 2 heterocycles. The van der Waals surface area contributed by atoms with Crippen LogP contribution in [0.3, 0.4) is 0 Å². The van der Waals surface area contributed by atoms with Crippen molar-refractivity contribution < 1.29 is 4.79 Å². The molecule has 0 saturated carbocycles. The number of nitrogens with two attached hydrogens (primary N) is 1. The highest BCUT2D eigenvalue weighted by Crippen LogP contribution is 2.11. The summed E-state index contributed by atoms with van der Waals surface area (Å²) >= 11 is 0. The Morgan fingerprint density at radius 1 is 1.62 bits per heavy atom. The molecule has 0 unspecified atom stereocenters. The van der Waals surface area contributed by atoms with Gasteiger partial charge >= 0.3 is 0 Å². The predicted molar refractivity (Wildman–Crippen MR) is 63.6 cm³/mol. The minimum Gasteiger partial charge on any atom is -0.337 e. The van der Waals surface area contributed by atoms with Gasteiger partial charge in [0.1, 0.15) is 0 Å². The highest BCUT2D eigenvalue weighted by Gasteiger charge is 2.22. The fourth-order valence-corrected chi connectivity index (χ4v) is 1.91. The van der Waals surface area contributed by atoms with E-state index in [1.807, 2.05) is 4.90 Å². The van der Waals surface area contributed by atoms with Crippen molar-refractivity contribution >= 4 is 18.3 Å². The largest absolute Gasteiger partial charge is 0.337 e. The Morgan fingerprint density at radius 3 is 2.94 bits per heavy atom. The van der Waals surface area contributed by atoms with E-state index >= 15 is 0 Å². The van der Waals surface area contributed by atoms with Crippen molar-refractivity contribution in [3.05, 3.63) is 18.0 Å². The Morgan fingerprint density at radius 2 is 2.38 bits per heavy atom. The van der Waals surface area contributed by atoms with Gasteiger partial charge in [0, 0.05) is 32.4 Å². The Balaban J connectivity index is 0.00000128. The molecule has 0 aliphatic carbocycles. The van der Waals surface area contributed by atoms with Gasteiger partial charge < -0.3 is 10.6 Å². The summed E-state index contributed by atoms with van der Waals surface area (Å²) in [6.45, 7) is 1.47. The second kappa shape index (κ2) is 5.32. The van der Waals surface area contributed by atoms with Crippen molar-refractivity contribution in [1.82, 2.24) is 14.7 Å². The third-order valence-electron chi connectivity index (χ3n) is 2.70. The first-order chi connectivity index (χ1) is 7.16. The molecule has 1 aliphatic heterocycles. The first-order valence-electron chi connectivity index (χ1n) is 5.20. The van der Waals surface area contributed by atoms with Crippen molar-refractivity contribution in [2.45, 2.75) is 18.9 Å². The first-order valence-corrected chi connectivity index (χ1v) is 5.20. The zero-order valence-electron chi connectivity index (χ0n) is 9.30. The molecule has 1 amide bonds. The third-order valence-corrected chi connectivity index (χ3v) is 2.70. The molecule has 1 aromatic rings. The van der Waals surface area contributed by atoms with E-state index in [1.54, 1.807) is 24.1 Å². The molecule has 1 aliphatic rings. The SMILES string of the molecule is Cl.Cn1cc(C(=O)N2CCC[C@@H](N)C2)cn1. The summed E-state index contributed by atoms with van der Waals surface area (Å²) in [5.41, 5.74) is 6.48. The van der Waals surface area contributed by atoms with Crippen LogP contribution >= 0.6 is 12.4 Å². The van der Waals surface area contributed by atoms with E-state index in [1.165, 1.54) is 0 Å². The number of piperidine rings is 1. The second-order valence-corrected chi connectivity index (χ2v) is 4.06. The fourth-order valence-electron chi connectivity index (χ4n) is 1.91. The molecule has 6 heteroatoms. The van der Waals surface area contributed by atoms with Gasteiger partial charge in [-0.1, -0.05) is 0 Å². The standard InChI is InChI=1S/C10H16N4O.ClH/c1-13-6-8(5-12-13)10(15)14-4-2-3-9(11)7-14;/h5-6,9H,2-4,7,11H2,1H3;1H/t9-;/m1./s1. The average molecular weight is 245 g/mol. The molecule has 0 spiro atoms. The van der Waals surface area contributed by atoms with Crippen LogP contribution in [0.5, 0.6) is 0 Å². The van der Waals surface area contributed by atoms with Crippen molar-refractivity contribution in [1.29, 1.82) is 0 Å². The molecule has 5 nitrogen and oxygen atoms in total. The molecule has 0 radical (unpaired) electrons. The maximum absolute atomic E-state index is 12.0. The minimum atomic E-state index is 0. The molecule has 1 aromatic heterocycles. The second-order valence-electron chi connectivity index (χ2n) is 4.06. The van der Waals surface area contributed by atoms with Crippen LogP contribution in [-0.4, -0.2) is 39.7 Å². The van der Waals surface area contributed by atoms with Crippen LogP contribution in [0.4, 0.5) is 0 Å². The summed E-state index contributed by atoms with van der Waals surface area (Å²) in [5.74, 6) is 0.0400. The number of halogens is 1. The normalized spacial score (nSPS) is 20.4. The van der Waals surface area contributed by atoms with Crippen molar-refractivity contribution in [3.8, 4) is 0 Å². The molecule has 2 rings (SSSR count). The van der Waals surface area contributed by atoms with Crippen LogP contribution in [0.15, 0.2) is 12.4 Å². The smallest absolute Gasteiger partial charge is 0.257 e. The van der Waals surface area contributed by atoms with Crippen LogP contribution in [0.2, 0.25) is 0 Å². The summed E-state index contributed by atoms with van der Waals surface area (Å²) in [5, 5.41) is 3.99. The quantitative estimate of drug-likeness (QED) is 0.778. The zero-order chi connectivity index (χ0) is 10.8. The molecule has 16 heavy (non-hydrogen) atoms. The van der Waals surface area contributed by atoms with Crippen LogP contribution in [-0.2, 0) is 7.05 Å². The van der Waals surface area contributed by atoms with E-state index in [-0.39, 0.29) is 24.4 Å². The summed E-state index contributed by atoms with van der Waals surface area (Å²) in [7, 11) is 1.80. The molecule has 0 bridgehead atoms. The predicted octanol–water partition coefficient (Wildman–Crippen LogP) is 0.405. The maximum Gasteiger partial charge on any atom is 0.257 e. The molecule has 1 atom stereocenters. The lowest BCUT2D eigenvalue weighted by atomic mass is 10.1. The van der Waals surface area contributed by atoms with Gasteiger partial charge in [0.15, 0.2) is 0 Å². The Labute approximate surface area is 101 Å². The van der Waals surface area contributed by atoms with Crippen molar-refractivity contribution in [3.63, 3.8) is 0 Å². The van der Waals surface area contributed by atoms with E-state index in [4.69, 9.17) is 5.73 Å². The minimum absolute atomic E-state index is 0. The summed E-state index contributed by atoms with van der Waals surface area (Å²) in [6.07, 6.45) is 5.34. The third kappa shape index (κ3) is 2.74. The topological polar surface area (TPSA) is 64.2 Å². The van der Waals surface area contributed by atoms with Gasteiger partial charge in [-0.25, -0.2) is 0 Å². The first kappa shape index (κ1) is 13.0. The lowest BCUT2D eigenvalue weighted by Crippen LogP contribution is -2.45. The molecule has 90 valence electrons. The van der Waals surface area contributed by atoms with Gasteiger partial charge in [-0.2, -0.15) is 5.10 Å². The van der Waals surface area contributed by atoms with Gasteiger partial charge in [0.05, 0.1) is 11.8 Å². The number of aromatic nitrogens is 2. The zero-order valence-corrected chi connectivity index (χ0v) is 10.1. The highest BCUT2D eigenvalue weighted by molar-refractivity contribution is 5.93. The number of aryl methyl sites for hydroxylation is 1. The Kier molecular flexibility index (Phi) is 4.32. The highest BCUT2D eigenvalue weighted by atomic mass is 35.5. The van der Waals surface area contributed by atoms with Gasteiger partial charge in [-0.05, 0) is 12.8 Å². The van der Waals surface area contributed by atoms with E-state index in [9.17, 15) is 4.79 Å². The number of nitrogens with zero attached hydrogens (tertiary/aromatic N) is 3. The molecular weight excluding hydrogens is 228 g/mol. The number of carbonyl (C=O) groups is 1. The van der Waals surface area contributed by atoms with E-state index < -0.39 is 0 Å². The van der Waals surface area contributed by atoms with E-state index in [2.05, 4.69) is 5.10 Å². The number of hydrogen-bond acceptors (Lipinski definition) is 3. The lowest BCUT2D eigenvalue weighted by Gasteiger charge is -2.30. The fraction of sp³-hybridized carbons (Fsp3) is 0.600. The van der Waals surface area contributed by atoms with Crippen LogP contribution in [0.1, 0.15) is 23.2 Å². The van der Waals surface area contributed by atoms with Gasteiger partial charge in [-0.3, -0.25) is 9.48 Å². The molecular formula is C10H17ClN4O. The van der Waals surface area contributed by atoms with Crippen molar-refractivity contribution in [2.75, 3.05) is 13.1 Å². The van der Waals surface area contributed by atoms with Crippen molar-refractivity contribution in [2.24, 2.45) is 12.8 Å². The van der Waals surface area contributed by atoms with Crippen LogP contribution in [0.25, 0.3) is 0 Å². The van der Waals surface area contributed by atoms with E-state index in [0.29, 0.717) is 12.1 Å². The number of amides is 1. The number of hydrogen-bond donors (Lipinski definition) is 1. The molecule has 2 N–H and O–H groups in total. The monoisotopic (exact) mass is 244 g/mol. The maximum atomic E-state index is 12.0. The average Bonchev–Trinajstić information content (AvgIpc) is 2.64. The van der Waals surface area contributed by atoms with E-state index in [0.717, 1.165) is 19.4 Å². The number of carbonyl (C=O) groups excluding carboxylic acids is 1. The summed E-state index contributed by atoms with van der Waals surface area (Å²) in [6, 6.07) is 0.124. The summed E-state index contributed by atoms with van der Waals surface area (Å²) < 4.78 is 1.64.